The minimum Gasteiger partial charge on any atom is -0.470 e. The lowest BCUT2D eigenvalue weighted by molar-refractivity contribution is 0.307. The summed E-state index contributed by atoms with van der Waals surface area (Å²) in [7, 11) is 0. The first-order chi connectivity index (χ1) is 8.81. The third-order valence-corrected chi connectivity index (χ3v) is 4.08. The molecule has 1 rings (SSSR count). The zero-order chi connectivity index (χ0) is 13.2. The first-order valence-electron chi connectivity index (χ1n) is 7.43. The van der Waals surface area contributed by atoms with E-state index in [9.17, 15) is 0 Å². The SMILES string of the molecule is CCCCOc1nc(CCCC)c(CCCC)s1. The van der Waals surface area contributed by atoms with Gasteiger partial charge < -0.3 is 4.74 Å². The Morgan fingerprint density at radius 2 is 1.61 bits per heavy atom. The molecule has 0 spiro atoms. The molecule has 0 aliphatic rings. The molecule has 1 aromatic heterocycles. The van der Waals surface area contributed by atoms with Gasteiger partial charge >= 0.3 is 0 Å². The maximum atomic E-state index is 5.74. The molecule has 0 aliphatic carbocycles. The highest BCUT2D eigenvalue weighted by molar-refractivity contribution is 7.13. The molecule has 0 atom stereocenters. The number of nitrogens with zero attached hydrogens (tertiary/aromatic N) is 1. The molecule has 2 nitrogen and oxygen atoms in total. The Labute approximate surface area is 116 Å². The van der Waals surface area contributed by atoms with Crippen LogP contribution in [0.25, 0.3) is 0 Å². The van der Waals surface area contributed by atoms with Gasteiger partial charge in [0.05, 0.1) is 12.3 Å². The predicted molar refractivity (Wildman–Crippen MR) is 79.7 cm³/mol. The van der Waals surface area contributed by atoms with Crippen molar-refractivity contribution in [2.24, 2.45) is 0 Å². The number of hydrogen-bond donors (Lipinski definition) is 0. The van der Waals surface area contributed by atoms with Gasteiger partial charge in [0, 0.05) is 4.88 Å². The highest BCUT2D eigenvalue weighted by Crippen LogP contribution is 2.28. The van der Waals surface area contributed by atoms with Gasteiger partial charge in [0.2, 0.25) is 0 Å². The molecule has 0 fully saturated rings. The summed E-state index contributed by atoms with van der Waals surface area (Å²) in [5.74, 6) is 0. The number of unbranched alkanes of at least 4 members (excludes halogenated alkanes) is 3. The van der Waals surface area contributed by atoms with Gasteiger partial charge in [0.25, 0.3) is 5.19 Å². The molecule has 0 amide bonds. The number of thiazole rings is 1. The van der Waals surface area contributed by atoms with Crippen LogP contribution in [0.2, 0.25) is 0 Å². The van der Waals surface area contributed by atoms with Crippen molar-refractivity contribution < 1.29 is 4.74 Å². The van der Waals surface area contributed by atoms with E-state index in [1.807, 2.05) is 0 Å². The van der Waals surface area contributed by atoms with Crippen molar-refractivity contribution in [2.75, 3.05) is 6.61 Å². The molecule has 0 aliphatic heterocycles. The Morgan fingerprint density at radius 3 is 2.28 bits per heavy atom. The molecule has 1 heterocycles. The standard InChI is InChI=1S/C15H27NOS/c1-4-7-10-13-14(11-8-5-2)18-15(16-13)17-12-9-6-3/h4-12H2,1-3H3. The Bertz CT molecular complexity index is 297. The molecular weight excluding hydrogens is 242 g/mol. The largest absolute Gasteiger partial charge is 0.470 e. The normalized spacial score (nSPS) is 10.8. The molecule has 0 saturated carbocycles. The number of hydrogen-bond acceptors (Lipinski definition) is 3. The second-order valence-electron chi connectivity index (χ2n) is 4.76. The van der Waals surface area contributed by atoms with Crippen molar-refractivity contribution >= 4 is 11.3 Å². The monoisotopic (exact) mass is 269 g/mol. The summed E-state index contributed by atoms with van der Waals surface area (Å²) in [5.41, 5.74) is 1.29. The van der Waals surface area contributed by atoms with E-state index in [0.29, 0.717) is 0 Å². The minimum atomic E-state index is 0.810. The van der Waals surface area contributed by atoms with Crippen molar-refractivity contribution in [3.63, 3.8) is 0 Å². The van der Waals surface area contributed by atoms with Gasteiger partial charge in [0.1, 0.15) is 0 Å². The van der Waals surface area contributed by atoms with Crippen molar-refractivity contribution in [1.29, 1.82) is 0 Å². The highest BCUT2D eigenvalue weighted by Gasteiger charge is 2.11. The third kappa shape index (κ3) is 5.38. The fourth-order valence-electron chi connectivity index (χ4n) is 1.80. The van der Waals surface area contributed by atoms with Crippen LogP contribution in [0.1, 0.15) is 69.9 Å². The van der Waals surface area contributed by atoms with E-state index in [0.717, 1.165) is 24.6 Å². The van der Waals surface area contributed by atoms with Crippen LogP contribution < -0.4 is 4.74 Å². The molecule has 0 aromatic carbocycles. The van der Waals surface area contributed by atoms with E-state index in [1.54, 1.807) is 11.3 Å². The Hall–Kier alpha value is -0.570. The number of rotatable bonds is 10. The van der Waals surface area contributed by atoms with Crippen molar-refractivity contribution in [3.8, 4) is 5.19 Å². The molecule has 0 unspecified atom stereocenters. The average molecular weight is 269 g/mol. The van der Waals surface area contributed by atoms with Crippen LogP contribution in [0.5, 0.6) is 5.19 Å². The molecule has 1 aromatic rings. The Balaban J connectivity index is 2.59. The first kappa shape index (κ1) is 15.5. The number of aryl methyl sites for hydroxylation is 2. The van der Waals surface area contributed by atoms with E-state index in [-0.39, 0.29) is 0 Å². The molecule has 0 bridgehead atoms. The Kier molecular flexibility index (Phi) is 8.06. The van der Waals surface area contributed by atoms with Crippen molar-refractivity contribution in [2.45, 2.75) is 72.1 Å². The molecule has 0 radical (unpaired) electrons. The minimum absolute atomic E-state index is 0.810. The van der Waals surface area contributed by atoms with Gasteiger partial charge in [-0.25, -0.2) is 4.98 Å². The van der Waals surface area contributed by atoms with Crippen LogP contribution in [0.4, 0.5) is 0 Å². The smallest absolute Gasteiger partial charge is 0.273 e. The zero-order valence-corrected chi connectivity index (χ0v) is 12.9. The average Bonchev–Trinajstić information content (AvgIpc) is 2.76. The van der Waals surface area contributed by atoms with Crippen molar-refractivity contribution in [3.05, 3.63) is 10.6 Å². The summed E-state index contributed by atoms with van der Waals surface area (Å²) in [6.45, 7) is 7.47. The number of aromatic nitrogens is 1. The van der Waals surface area contributed by atoms with E-state index in [1.165, 1.54) is 49.1 Å². The summed E-state index contributed by atoms with van der Waals surface area (Å²) < 4.78 is 5.74. The van der Waals surface area contributed by atoms with Crippen LogP contribution >= 0.6 is 11.3 Å². The van der Waals surface area contributed by atoms with E-state index >= 15 is 0 Å². The fraction of sp³-hybridized carbons (Fsp3) is 0.800. The molecule has 0 saturated heterocycles. The lowest BCUT2D eigenvalue weighted by Crippen LogP contribution is -1.96. The van der Waals surface area contributed by atoms with Crippen LogP contribution in [-0.2, 0) is 12.8 Å². The lowest BCUT2D eigenvalue weighted by atomic mass is 10.1. The maximum Gasteiger partial charge on any atom is 0.273 e. The second-order valence-corrected chi connectivity index (χ2v) is 5.80. The number of ether oxygens (including phenoxy) is 1. The van der Waals surface area contributed by atoms with Crippen LogP contribution in [0.3, 0.4) is 0 Å². The third-order valence-electron chi connectivity index (χ3n) is 3.01. The van der Waals surface area contributed by atoms with Crippen LogP contribution in [0, 0.1) is 0 Å². The summed E-state index contributed by atoms with van der Waals surface area (Å²) in [6.07, 6.45) is 9.55. The molecular formula is C15H27NOS. The maximum absolute atomic E-state index is 5.74. The molecule has 104 valence electrons. The lowest BCUT2D eigenvalue weighted by Gasteiger charge is -1.99. The van der Waals surface area contributed by atoms with Gasteiger partial charge in [-0.3, -0.25) is 0 Å². The molecule has 3 heteroatoms. The van der Waals surface area contributed by atoms with Gasteiger partial charge in [-0.2, -0.15) is 0 Å². The van der Waals surface area contributed by atoms with Crippen LogP contribution in [-0.4, -0.2) is 11.6 Å². The predicted octanol–water partition coefficient (Wildman–Crippen LogP) is 5.01. The summed E-state index contributed by atoms with van der Waals surface area (Å²) >= 11 is 1.77. The van der Waals surface area contributed by atoms with Gasteiger partial charge in [-0.1, -0.05) is 51.4 Å². The zero-order valence-electron chi connectivity index (χ0n) is 12.1. The second kappa shape index (κ2) is 9.37. The molecule has 18 heavy (non-hydrogen) atoms. The fourth-order valence-corrected chi connectivity index (χ4v) is 2.82. The van der Waals surface area contributed by atoms with E-state index in [2.05, 4.69) is 25.8 Å². The van der Waals surface area contributed by atoms with E-state index < -0.39 is 0 Å². The van der Waals surface area contributed by atoms with Gasteiger partial charge in [-0.05, 0) is 32.1 Å². The summed E-state index contributed by atoms with van der Waals surface area (Å²) in [6, 6.07) is 0. The Morgan fingerprint density at radius 1 is 0.944 bits per heavy atom. The highest BCUT2D eigenvalue weighted by atomic mass is 32.1. The molecule has 0 N–H and O–H groups in total. The topological polar surface area (TPSA) is 22.1 Å². The quantitative estimate of drug-likeness (QED) is 0.557. The summed E-state index contributed by atoms with van der Waals surface area (Å²) in [5, 5.41) is 0.889. The van der Waals surface area contributed by atoms with Gasteiger partial charge in [-0.15, -0.1) is 0 Å². The summed E-state index contributed by atoms with van der Waals surface area (Å²) in [4.78, 5) is 6.12. The van der Waals surface area contributed by atoms with Gasteiger partial charge in [0.15, 0.2) is 0 Å². The van der Waals surface area contributed by atoms with E-state index in [4.69, 9.17) is 4.74 Å². The first-order valence-corrected chi connectivity index (χ1v) is 8.24. The van der Waals surface area contributed by atoms with Crippen molar-refractivity contribution in [1.82, 2.24) is 4.98 Å². The van der Waals surface area contributed by atoms with Crippen LogP contribution in [0.15, 0.2) is 0 Å².